The van der Waals surface area contributed by atoms with Crippen molar-refractivity contribution in [3.8, 4) is 11.5 Å². The second kappa shape index (κ2) is 15.4. The minimum atomic E-state index is -1.04. The van der Waals surface area contributed by atoms with Crippen LogP contribution in [0.3, 0.4) is 0 Å². The number of hydrogen-bond acceptors (Lipinski definition) is 7. The fourth-order valence-electron chi connectivity index (χ4n) is 6.33. The summed E-state index contributed by atoms with van der Waals surface area (Å²) < 4.78 is 17.3. The first-order valence-electron chi connectivity index (χ1n) is 16.1. The lowest BCUT2D eigenvalue weighted by Gasteiger charge is -2.37. The van der Waals surface area contributed by atoms with Crippen molar-refractivity contribution in [2.24, 2.45) is 23.7 Å². The van der Waals surface area contributed by atoms with E-state index in [1.54, 1.807) is 7.11 Å². The number of piperidine rings is 1. The van der Waals surface area contributed by atoms with Crippen molar-refractivity contribution in [2.45, 2.75) is 97.4 Å². The first-order valence-corrected chi connectivity index (χ1v) is 16.1. The largest absolute Gasteiger partial charge is 0.493 e. The molecular formula is C33H53N3O6. The van der Waals surface area contributed by atoms with E-state index in [4.69, 9.17) is 14.2 Å². The van der Waals surface area contributed by atoms with Gasteiger partial charge in [-0.15, -0.1) is 0 Å². The molecule has 3 atom stereocenters. The molecule has 2 fully saturated rings. The van der Waals surface area contributed by atoms with Crippen molar-refractivity contribution in [2.75, 3.05) is 40.0 Å². The van der Waals surface area contributed by atoms with E-state index in [0.717, 1.165) is 67.6 Å². The lowest BCUT2D eigenvalue weighted by atomic mass is 9.84. The van der Waals surface area contributed by atoms with Gasteiger partial charge in [0.05, 0.1) is 31.2 Å². The van der Waals surface area contributed by atoms with Crippen molar-refractivity contribution >= 4 is 11.8 Å². The summed E-state index contributed by atoms with van der Waals surface area (Å²) in [4.78, 5) is 29.3. The minimum Gasteiger partial charge on any atom is -0.493 e. The van der Waals surface area contributed by atoms with Gasteiger partial charge < -0.3 is 34.9 Å². The summed E-state index contributed by atoms with van der Waals surface area (Å²) in [6.07, 6.45) is 5.27. The number of methoxy groups -OCH3 is 1. The smallest absolute Gasteiger partial charge is 0.230 e. The van der Waals surface area contributed by atoms with Crippen LogP contribution in [-0.2, 0) is 27.3 Å². The Balaban J connectivity index is 1.46. The van der Waals surface area contributed by atoms with E-state index in [-0.39, 0.29) is 23.9 Å². The van der Waals surface area contributed by atoms with E-state index < -0.39 is 17.9 Å². The molecular weight excluding hydrogens is 534 g/mol. The molecule has 1 aromatic rings. The van der Waals surface area contributed by atoms with Crippen LogP contribution in [0.1, 0.15) is 77.3 Å². The van der Waals surface area contributed by atoms with Crippen LogP contribution < -0.4 is 20.1 Å². The SMILES string of the molecule is COCCCOc1cc(CN(C(=O)[C@H]2CNC[C@@H](C(=O)NC(CC(C)C)CC(C)C)[C@H]2O)C2CC2)cc2c1CCCO2. The summed E-state index contributed by atoms with van der Waals surface area (Å²) >= 11 is 0. The summed E-state index contributed by atoms with van der Waals surface area (Å²) in [7, 11) is 1.68. The number of hydrogen-bond donors (Lipinski definition) is 3. The highest BCUT2D eigenvalue weighted by atomic mass is 16.5. The molecule has 0 radical (unpaired) electrons. The Hall–Kier alpha value is -2.36. The number of fused-ring (bicyclic) bond motifs is 1. The molecule has 0 unspecified atom stereocenters. The number of benzene rings is 1. The molecule has 1 aliphatic carbocycles. The number of aliphatic hydroxyl groups excluding tert-OH is 1. The number of ether oxygens (including phenoxy) is 3. The van der Waals surface area contributed by atoms with Gasteiger partial charge in [0.15, 0.2) is 0 Å². The molecule has 0 bridgehead atoms. The van der Waals surface area contributed by atoms with Crippen molar-refractivity contribution in [1.82, 2.24) is 15.5 Å². The van der Waals surface area contributed by atoms with E-state index in [1.807, 2.05) is 17.0 Å². The quantitative estimate of drug-likeness (QED) is 0.269. The van der Waals surface area contributed by atoms with Crippen molar-refractivity contribution in [1.29, 1.82) is 0 Å². The van der Waals surface area contributed by atoms with Gasteiger partial charge in [0.1, 0.15) is 11.5 Å². The van der Waals surface area contributed by atoms with Crippen LogP contribution in [0.5, 0.6) is 11.5 Å². The molecule has 2 amide bonds. The molecule has 3 N–H and O–H groups in total. The molecule has 2 heterocycles. The summed E-state index contributed by atoms with van der Waals surface area (Å²) in [6.45, 7) is 11.6. The number of nitrogens with one attached hydrogen (secondary N) is 2. The van der Waals surface area contributed by atoms with Gasteiger partial charge >= 0.3 is 0 Å². The summed E-state index contributed by atoms with van der Waals surface area (Å²) in [5.74, 6) is 0.940. The summed E-state index contributed by atoms with van der Waals surface area (Å²) in [5.41, 5.74) is 2.04. The van der Waals surface area contributed by atoms with Crippen LogP contribution >= 0.6 is 0 Å². The molecule has 2 aliphatic heterocycles. The molecule has 9 nitrogen and oxygen atoms in total. The monoisotopic (exact) mass is 587 g/mol. The van der Waals surface area contributed by atoms with Crippen molar-refractivity contribution in [3.63, 3.8) is 0 Å². The predicted molar refractivity (Wildman–Crippen MR) is 163 cm³/mol. The van der Waals surface area contributed by atoms with Gasteiger partial charge in [0.25, 0.3) is 0 Å². The molecule has 0 spiro atoms. The van der Waals surface area contributed by atoms with Crippen LogP contribution in [-0.4, -0.2) is 80.0 Å². The van der Waals surface area contributed by atoms with Gasteiger partial charge in [0.2, 0.25) is 11.8 Å². The van der Waals surface area contributed by atoms with Crippen LogP contribution in [0.2, 0.25) is 0 Å². The molecule has 1 aromatic carbocycles. The van der Waals surface area contributed by atoms with Crippen molar-refractivity contribution in [3.05, 3.63) is 23.3 Å². The minimum absolute atomic E-state index is 0.0564. The maximum atomic E-state index is 14.0. The Morgan fingerprint density at radius 2 is 1.81 bits per heavy atom. The van der Waals surface area contributed by atoms with E-state index in [2.05, 4.69) is 38.3 Å². The van der Waals surface area contributed by atoms with Crippen LogP contribution in [0.25, 0.3) is 0 Å². The third-order valence-electron chi connectivity index (χ3n) is 8.50. The number of rotatable bonds is 15. The maximum Gasteiger partial charge on any atom is 0.230 e. The third-order valence-corrected chi connectivity index (χ3v) is 8.50. The van der Waals surface area contributed by atoms with Crippen LogP contribution in [0, 0.1) is 23.7 Å². The Labute approximate surface area is 252 Å². The molecule has 9 heteroatoms. The highest BCUT2D eigenvalue weighted by molar-refractivity contribution is 5.84. The van der Waals surface area contributed by atoms with Gasteiger partial charge in [-0.2, -0.15) is 0 Å². The number of aliphatic hydroxyl groups is 1. The number of carbonyl (C=O) groups excluding carboxylic acids is 2. The van der Waals surface area contributed by atoms with Gasteiger partial charge in [-0.1, -0.05) is 27.7 Å². The van der Waals surface area contributed by atoms with Gasteiger partial charge in [-0.25, -0.2) is 0 Å². The predicted octanol–water partition coefficient (Wildman–Crippen LogP) is 3.69. The fraction of sp³-hybridized carbons (Fsp3) is 0.758. The van der Waals surface area contributed by atoms with Gasteiger partial charge in [-0.3, -0.25) is 9.59 Å². The normalized spacial score (nSPS) is 22.2. The third kappa shape index (κ3) is 8.83. The number of amides is 2. The summed E-state index contributed by atoms with van der Waals surface area (Å²) in [6, 6.07) is 4.27. The zero-order valence-corrected chi connectivity index (χ0v) is 26.3. The lowest BCUT2D eigenvalue weighted by Crippen LogP contribution is -2.58. The van der Waals surface area contributed by atoms with E-state index in [1.165, 1.54) is 0 Å². The van der Waals surface area contributed by atoms with Gasteiger partial charge in [-0.05, 0) is 68.1 Å². The molecule has 1 saturated heterocycles. The molecule has 3 aliphatic rings. The molecule has 42 heavy (non-hydrogen) atoms. The Bertz CT molecular complexity index is 1030. The average molecular weight is 588 g/mol. The number of carbonyl (C=O) groups is 2. The molecule has 236 valence electrons. The first kappa shape index (κ1) is 32.6. The molecule has 0 aromatic heterocycles. The zero-order valence-electron chi connectivity index (χ0n) is 26.3. The van der Waals surface area contributed by atoms with E-state index >= 15 is 0 Å². The van der Waals surface area contributed by atoms with Crippen LogP contribution in [0.15, 0.2) is 12.1 Å². The van der Waals surface area contributed by atoms with E-state index in [0.29, 0.717) is 51.3 Å². The highest BCUT2D eigenvalue weighted by Crippen LogP contribution is 2.37. The van der Waals surface area contributed by atoms with Gasteiger partial charge in [0, 0.05) is 57.4 Å². The Morgan fingerprint density at radius 3 is 2.48 bits per heavy atom. The number of nitrogens with zero attached hydrogens (tertiary/aromatic N) is 1. The lowest BCUT2D eigenvalue weighted by molar-refractivity contribution is -0.146. The Morgan fingerprint density at radius 1 is 1.10 bits per heavy atom. The van der Waals surface area contributed by atoms with Crippen molar-refractivity contribution < 1.29 is 28.9 Å². The standard InChI is InChI=1S/C33H53N3O6/c1-21(2)14-24(15-22(3)4)35-32(38)27-18-34-19-28(31(27)37)33(39)36(25-9-10-25)20-23-16-29-26(8-6-12-41-29)30(17-23)42-13-7-11-40-5/h16-17,21-22,24-25,27-28,31,34,37H,6-15,18-20H2,1-5H3,(H,35,38)/t27-,28+,31-/m1/s1. The highest BCUT2D eigenvalue weighted by Gasteiger charge is 2.44. The molecule has 1 saturated carbocycles. The second-order valence-corrected chi connectivity index (χ2v) is 13.2. The summed E-state index contributed by atoms with van der Waals surface area (Å²) in [5, 5.41) is 17.9. The topological polar surface area (TPSA) is 109 Å². The fourth-order valence-corrected chi connectivity index (χ4v) is 6.33. The van der Waals surface area contributed by atoms with E-state index in [9.17, 15) is 14.7 Å². The average Bonchev–Trinajstić information content (AvgIpc) is 3.78. The Kier molecular flexibility index (Phi) is 11.9. The first-order chi connectivity index (χ1) is 20.2. The van der Waals surface area contributed by atoms with Crippen LogP contribution in [0.4, 0.5) is 0 Å². The zero-order chi connectivity index (χ0) is 30.2. The second-order valence-electron chi connectivity index (χ2n) is 13.2. The maximum absolute atomic E-state index is 14.0. The molecule has 4 rings (SSSR count).